The highest BCUT2D eigenvalue weighted by atomic mass is 32.1. The van der Waals surface area contributed by atoms with Crippen LogP contribution in [0.15, 0.2) is 22.0 Å². The van der Waals surface area contributed by atoms with Gasteiger partial charge in [0.25, 0.3) is 5.89 Å². The first-order valence-electron chi connectivity index (χ1n) is 6.99. The second-order valence-corrected chi connectivity index (χ2v) is 6.28. The second-order valence-electron chi connectivity index (χ2n) is 5.33. The van der Waals surface area contributed by atoms with Crippen LogP contribution in [0.4, 0.5) is 0 Å². The van der Waals surface area contributed by atoms with Crippen LogP contribution in [0.2, 0.25) is 0 Å². The molecule has 0 radical (unpaired) electrons. The van der Waals surface area contributed by atoms with Gasteiger partial charge in [-0.2, -0.15) is 4.98 Å². The summed E-state index contributed by atoms with van der Waals surface area (Å²) in [6.45, 7) is 0.608. The van der Waals surface area contributed by atoms with Crippen molar-refractivity contribution in [3.8, 4) is 10.8 Å². The number of hydrogen-bond acceptors (Lipinski definition) is 6. The highest BCUT2D eigenvalue weighted by Crippen LogP contribution is 2.25. The molecule has 6 heteroatoms. The topological polar surface area (TPSA) is 62.4 Å². The van der Waals surface area contributed by atoms with Crippen LogP contribution in [0.1, 0.15) is 31.5 Å². The molecule has 1 aliphatic carbocycles. The Bertz CT molecular complexity index is 540. The van der Waals surface area contributed by atoms with Gasteiger partial charge in [0.05, 0.1) is 17.5 Å². The summed E-state index contributed by atoms with van der Waals surface area (Å²) >= 11 is 1.59. The van der Waals surface area contributed by atoms with Crippen LogP contribution in [-0.2, 0) is 6.54 Å². The quantitative estimate of drug-likeness (QED) is 0.938. The van der Waals surface area contributed by atoms with Gasteiger partial charge >= 0.3 is 0 Å². The number of aliphatic hydroxyl groups is 1. The van der Waals surface area contributed by atoms with Gasteiger partial charge in [0, 0.05) is 6.04 Å². The Hall–Kier alpha value is -1.24. The smallest absolute Gasteiger partial charge is 0.268 e. The molecule has 2 heterocycles. The zero-order valence-electron chi connectivity index (χ0n) is 11.5. The van der Waals surface area contributed by atoms with Gasteiger partial charge in [0.1, 0.15) is 0 Å². The van der Waals surface area contributed by atoms with E-state index in [9.17, 15) is 5.11 Å². The van der Waals surface area contributed by atoms with Gasteiger partial charge in [-0.05, 0) is 31.3 Å². The predicted octanol–water partition coefficient (Wildman–Crippen LogP) is 2.53. The lowest BCUT2D eigenvalue weighted by atomic mass is 9.91. The lowest BCUT2D eigenvalue weighted by Gasteiger charge is -2.34. The Labute approximate surface area is 122 Å². The normalized spacial score (nSPS) is 23.4. The molecule has 0 saturated heterocycles. The summed E-state index contributed by atoms with van der Waals surface area (Å²) in [5.74, 6) is 1.25. The summed E-state index contributed by atoms with van der Waals surface area (Å²) < 4.78 is 5.28. The lowest BCUT2D eigenvalue weighted by molar-refractivity contribution is 0.0275. The van der Waals surface area contributed by atoms with Gasteiger partial charge in [0.2, 0.25) is 0 Å². The standard InChI is InChI=1S/C14H19N3O2S/c1-17(10-5-2-3-6-11(10)18)9-13-15-14(19-16-13)12-7-4-8-20-12/h4,7-8,10-11,18H,2-3,5-6,9H2,1H3. The van der Waals surface area contributed by atoms with E-state index >= 15 is 0 Å². The summed E-state index contributed by atoms with van der Waals surface area (Å²) in [4.78, 5) is 7.54. The third-order valence-electron chi connectivity index (χ3n) is 3.85. The van der Waals surface area contributed by atoms with Crippen molar-refractivity contribution in [2.75, 3.05) is 7.05 Å². The van der Waals surface area contributed by atoms with Crippen LogP contribution in [0, 0.1) is 0 Å². The monoisotopic (exact) mass is 293 g/mol. The van der Waals surface area contributed by atoms with Crippen LogP contribution in [0.3, 0.4) is 0 Å². The molecule has 108 valence electrons. The Kier molecular flexibility index (Phi) is 4.14. The third-order valence-corrected chi connectivity index (χ3v) is 4.71. The third kappa shape index (κ3) is 2.92. The molecule has 2 aromatic rings. The van der Waals surface area contributed by atoms with E-state index < -0.39 is 0 Å². The van der Waals surface area contributed by atoms with Crippen LogP contribution in [0.5, 0.6) is 0 Å². The summed E-state index contributed by atoms with van der Waals surface area (Å²) in [6.07, 6.45) is 3.99. The van der Waals surface area contributed by atoms with Gasteiger partial charge in [-0.25, -0.2) is 0 Å². The fourth-order valence-corrected chi connectivity index (χ4v) is 3.41. The number of nitrogens with zero attached hydrogens (tertiary/aromatic N) is 3. The van der Waals surface area contributed by atoms with Crippen molar-refractivity contribution in [1.82, 2.24) is 15.0 Å². The Morgan fingerprint density at radius 3 is 3.05 bits per heavy atom. The van der Waals surface area contributed by atoms with E-state index in [2.05, 4.69) is 15.0 Å². The average molecular weight is 293 g/mol. The lowest BCUT2D eigenvalue weighted by Crippen LogP contribution is -2.43. The summed E-state index contributed by atoms with van der Waals surface area (Å²) in [6, 6.07) is 4.14. The number of aromatic nitrogens is 2. The largest absolute Gasteiger partial charge is 0.391 e. The first kappa shape index (κ1) is 13.7. The first-order chi connectivity index (χ1) is 9.74. The van der Waals surface area contributed by atoms with Crippen LogP contribution in [0.25, 0.3) is 10.8 Å². The zero-order valence-corrected chi connectivity index (χ0v) is 12.3. The van der Waals surface area contributed by atoms with Crippen molar-refractivity contribution >= 4 is 11.3 Å². The Morgan fingerprint density at radius 1 is 1.45 bits per heavy atom. The van der Waals surface area contributed by atoms with Crippen molar-refractivity contribution in [1.29, 1.82) is 0 Å². The summed E-state index contributed by atoms with van der Waals surface area (Å²) in [5, 5.41) is 16.1. The molecule has 20 heavy (non-hydrogen) atoms. The van der Waals surface area contributed by atoms with E-state index in [1.807, 2.05) is 24.6 Å². The maximum absolute atomic E-state index is 10.1. The number of thiophene rings is 1. The molecule has 2 atom stereocenters. The maximum Gasteiger partial charge on any atom is 0.268 e. The van der Waals surface area contributed by atoms with Crippen molar-refractivity contribution in [3.63, 3.8) is 0 Å². The molecule has 1 N–H and O–H groups in total. The molecule has 1 saturated carbocycles. The summed E-state index contributed by atoms with van der Waals surface area (Å²) in [5.41, 5.74) is 0. The molecule has 1 aliphatic rings. The van der Waals surface area contributed by atoms with Crippen molar-refractivity contribution < 1.29 is 9.63 Å². The molecule has 0 bridgehead atoms. The van der Waals surface area contributed by atoms with E-state index in [1.165, 1.54) is 6.42 Å². The first-order valence-corrected chi connectivity index (χ1v) is 7.87. The fraction of sp³-hybridized carbons (Fsp3) is 0.571. The van der Waals surface area contributed by atoms with Crippen molar-refractivity contribution in [3.05, 3.63) is 23.3 Å². The van der Waals surface area contributed by atoms with Gasteiger partial charge in [0.15, 0.2) is 5.82 Å². The minimum atomic E-state index is -0.239. The average Bonchev–Trinajstić information content (AvgIpc) is 3.09. The number of hydrogen-bond donors (Lipinski definition) is 1. The number of likely N-dealkylation sites (N-methyl/N-ethyl adjacent to an activating group) is 1. The molecule has 2 aromatic heterocycles. The fourth-order valence-electron chi connectivity index (χ4n) is 2.76. The zero-order chi connectivity index (χ0) is 13.9. The van der Waals surface area contributed by atoms with Crippen LogP contribution < -0.4 is 0 Å². The van der Waals surface area contributed by atoms with E-state index in [1.54, 1.807) is 11.3 Å². The van der Waals surface area contributed by atoms with Crippen molar-refractivity contribution in [2.45, 2.75) is 44.4 Å². The molecular formula is C14H19N3O2S. The Morgan fingerprint density at radius 2 is 2.30 bits per heavy atom. The van der Waals surface area contributed by atoms with Crippen LogP contribution in [-0.4, -0.2) is 39.3 Å². The minimum absolute atomic E-state index is 0.201. The number of aliphatic hydroxyl groups excluding tert-OH is 1. The van der Waals surface area contributed by atoms with E-state index in [-0.39, 0.29) is 12.1 Å². The molecular weight excluding hydrogens is 274 g/mol. The molecule has 0 spiro atoms. The SMILES string of the molecule is CN(Cc1noc(-c2cccs2)n1)C1CCCCC1O. The van der Waals surface area contributed by atoms with Gasteiger partial charge in [-0.1, -0.05) is 24.1 Å². The van der Waals surface area contributed by atoms with E-state index in [0.717, 1.165) is 24.1 Å². The molecule has 0 aromatic carbocycles. The molecule has 3 rings (SSSR count). The maximum atomic E-state index is 10.1. The molecule has 1 fully saturated rings. The summed E-state index contributed by atoms with van der Waals surface area (Å²) in [7, 11) is 2.01. The van der Waals surface area contributed by atoms with Gasteiger partial charge in [-0.15, -0.1) is 11.3 Å². The predicted molar refractivity (Wildman–Crippen MR) is 77.3 cm³/mol. The highest BCUT2D eigenvalue weighted by molar-refractivity contribution is 7.13. The van der Waals surface area contributed by atoms with Gasteiger partial charge < -0.3 is 9.63 Å². The highest BCUT2D eigenvalue weighted by Gasteiger charge is 2.27. The second kappa shape index (κ2) is 6.03. The van der Waals surface area contributed by atoms with E-state index in [4.69, 9.17) is 4.52 Å². The van der Waals surface area contributed by atoms with Crippen molar-refractivity contribution in [2.24, 2.45) is 0 Å². The van der Waals surface area contributed by atoms with Crippen LogP contribution >= 0.6 is 11.3 Å². The minimum Gasteiger partial charge on any atom is -0.391 e. The molecule has 5 nitrogen and oxygen atoms in total. The van der Waals surface area contributed by atoms with Gasteiger partial charge in [-0.3, -0.25) is 4.90 Å². The van der Waals surface area contributed by atoms with E-state index in [0.29, 0.717) is 18.3 Å². The molecule has 0 aliphatic heterocycles. The molecule has 2 unspecified atom stereocenters. The number of rotatable bonds is 4. The Balaban J connectivity index is 1.65. The molecule has 0 amide bonds.